The van der Waals surface area contributed by atoms with Crippen LogP contribution in [0.15, 0.2) is 42.5 Å². The average molecular weight is 586 g/mol. The Morgan fingerprint density at radius 2 is 1.19 bits per heavy atom. The summed E-state index contributed by atoms with van der Waals surface area (Å²) in [7, 11) is 0. The number of aliphatic hydroxyl groups excluding tert-OH is 1. The van der Waals surface area contributed by atoms with Crippen LogP contribution in [-0.4, -0.2) is 35.7 Å². The lowest BCUT2D eigenvalue weighted by atomic mass is 10.0. The Morgan fingerprint density at radius 3 is 1.69 bits per heavy atom. The Morgan fingerprint density at radius 1 is 0.714 bits per heavy atom. The summed E-state index contributed by atoms with van der Waals surface area (Å²) in [6.45, 7) is 4.20. The van der Waals surface area contributed by atoms with Gasteiger partial charge in [-0.25, -0.2) is 4.79 Å². The maximum absolute atomic E-state index is 12.8. The van der Waals surface area contributed by atoms with Crippen molar-refractivity contribution in [3.63, 3.8) is 0 Å². The monoisotopic (exact) mass is 585 g/mol. The second-order valence-electron chi connectivity index (χ2n) is 11.9. The molecule has 0 radical (unpaired) electrons. The fourth-order valence-corrected chi connectivity index (χ4v) is 5.28. The molecule has 0 spiro atoms. The summed E-state index contributed by atoms with van der Waals surface area (Å²) in [4.78, 5) is 25.5. The van der Waals surface area contributed by atoms with E-state index in [-0.39, 0.29) is 12.5 Å². The number of esters is 1. The minimum absolute atomic E-state index is 0.100. The van der Waals surface area contributed by atoms with Crippen molar-refractivity contribution in [2.75, 3.05) is 6.61 Å². The van der Waals surface area contributed by atoms with Crippen LogP contribution in [0.4, 0.5) is 0 Å². The molecule has 0 saturated heterocycles. The molecule has 1 amide bonds. The van der Waals surface area contributed by atoms with Crippen LogP contribution in [0.2, 0.25) is 0 Å². The number of unbranched alkanes of at least 4 members (excludes halogenated alkanes) is 19. The van der Waals surface area contributed by atoms with Crippen molar-refractivity contribution < 1.29 is 19.4 Å². The third-order valence-corrected chi connectivity index (χ3v) is 8.00. The number of ether oxygens (including phenoxy) is 1. The SMILES string of the molecule is CCCCCCCCCCCCC/C=C/[C@@H](OC(=O)c1ccccc1)[C@H](CO)NC(=O)CCCCCCCCCCC. The highest BCUT2D eigenvalue weighted by Gasteiger charge is 2.24. The summed E-state index contributed by atoms with van der Waals surface area (Å²) in [6.07, 6.45) is 29.5. The van der Waals surface area contributed by atoms with Crippen LogP contribution in [0.1, 0.15) is 165 Å². The predicted octanol–water partition coefficient (Wildman–Crippen LogP) is 9.87. The largest absolute Gasteiger partial charge is 0.452 e. The van der Waals surface area contributed by atoms with Gasteiger partial charge in [-0.05, 0) is 37.5 Å². The number of hydrogen-bond donors (Lipinski definition) is 2. The third-order valence-electron chi connectivity index (χ3n) is 8.00. The molecule has 2 N–H and O–H groups in total. The maximum Gasteiger partial charge on any atom is 0.338 e. The lowest BCUT2D eigenvalue weighted by molar-refractivity contribution is -0.123. The summed E-state index contributed by atoms with van der Waals surface area (Å²) in [5, 5.41) is 13.1. The van der Waals surface area contributed by atoms with Crippen LogP contribution in [0, 0.1) is 0 Å². The van der Waals surface area contributed by atoms with E-state index >= 15 is 0 Å². The van der Waals surface area contributed by atoms with E-state index in [2.05, 4.69) is 19.2 Å². The number of rotatable bonds is 28. The van der Waals surface area contributed by atoms with Gasteiger partial charge in [0.15, 0.2) is 0 Å². The van der Waals surface area contributed by atoms with Gasteiger partial charge in [-0.3, -0.25) is 4.79 Å². The van der Waals surface area contributed by atoms with E-state index in [1.807, 2.05) is 18.2 Å². The zero-order valence-corrected chi connectivity index (χ0v) is 27.1. The first-order chi connectivity index (χ1) is 20.6. The standard InChI is InChI=1S/C37H63NO4/c1-3-5-7-9-11-13-14-15-16-18-19-21-26-30-35(42-37(41)33-28-24-23-25-29-33)34(32-39)38-36(40)31-27-22-20-17-12-10-8-6-4-2/h23-26,28-30,34-35,39H,3-22,27,31-32H2,1-2H3,(H,38,40)/b30-26+/t34-,35+/m0/s1. The molecular weight excluding hydrogens is 522 g/mol. The third kappa shape index (κ3) is 20.7. The van der Waals surface area contributed by atoms with Gasteiger partial charge in [0.1, 0.15) is 6.10 Å². The van der Waals surface area contributed by atoms with Crippen molar-refractivity contribution in [3.05, 3.63) is 48.0 Å². The minimum Gasteiger partial charge on any atom is -0.452 e. The van der Waals surface area contributed by atoms with Gasteiger partial charge >= 0.3 is 5.97 Å². The molecule has 0 aliphatic carbocycles. The minimum atomic E-state index is -0.720. The van der Waals surface area contributed by atoms with Gasteiger partial charge in [0.25, 0.3) is 0 Å². The van der Waals surface area contributed by atoms with E-state index in [1.165, 1.54) is 103 Å². The Kier molecular flexibility index (Phi) is 25.0. The molecule has 0 aromatic heterocycles. The van der Waals surface area contributed by atoms with Crippen LogP contribution in [-0.2, 0) is 9.53 Å². The number of carbonyl (C=O) groups excluding carboxylic acids is 2. The van der Waals surface area contributed by atoms with E-state index < -0.39 is 18.1 Å². The Hall–Kier alpha value is -2.14. The smallest absolute Gasteiger partial charge is 0.338 e. The van der Waals surface area contributed by atoms with E-state index in [0.29, 0.717) is 12.0 Å². The molecule has 2 atom stereocenters. The number of nitrogens with one attached hydrogen (secondary N) is 1. The van der Waals surface area contributed by atoms with E-state index in [4.69, 9.17) is 4.74 Å². The topological polar surface area (TPSA) is 75.6 Å². The lowest BCUT2D eigenvalue weighted by Crippen LogP contribution is -2.46. The van der Waals surface area contributed by atoms with Crippen LogP contribution in [0.25, 0.3) is 0 Å². The first-order valence-corrected chi connectivity index (χ1v) is 17.4. The molecule has 0 saturated carbocycles. The van der Waals surface area contributed by atoms with Crippen molar-refractivity contribution in [1.82, 2.24) is 5.32 Å². The van der Waals surface area contributed by atoms with Crippen LogP contribution < -0.4 is 5.32 Å². The fraction of sp³-hybridized carbons (Fsp3) is 0.730. The van der Waals surface area contributed by atoms with Gasteiger partial charge in [0, 0.05) is 6.42 Å². The van der Waals surface area contributed by atoms with Crippen molar-refractivity contribution >= 4 is 11.9 Å². The highest BCUT2D eigenvalue weighted by molar-refractivity contribution is 5.89. The van der Waals surface area contributed by atoms with Crippen LogP contribution >= 0.6 is 0 Å². The molecule has 240 valence electrons. The number of allylic oxidation sites excluding steroid dienone is 1. The van der Waals surface area contributed by atoms with E-state index in [1.54, 1.807) is 24.3 Å². The molecule has 42 heavy (non-hydrogen) atoms. The summed E-state index contributed by atoms with van der Waals surface area (Å²) >= 11 is 0. The highest BCUT2D eigenvalue weighted by Crippen LogP contribution is 2.14. The molecule has 5 heteroatoms. The van der Waals surface area contributed by atoms with Crippen LogP contribution in [0.5, 0.6) is 0 Å². The van der Waals surface area contributed by atoms with Crippen molar-refractivity contribution in [2.45, 2.75) is 167 Å². The van der Waals surface area contributed by atoms with Gasteiger partial charge in [-0.15, -0.1) is 0 Å². The van der Waals surface area contributed by atoms with Gasteiger partial charge in [0.2, 0.25) is 5.91 Å². The average Bonchev–Trinajstić information content (AvgIpc) is 3.01. The first kappa shape index (κ1) is 37.9. The molecular formula is C37H63NO4. The quantitative estimate of drug-likeness (QED) is 0.0583. The zero-order valence-electron chi connectivity index (χ0n) is 27.1. The molecule has 0 heterocycles. The molecule has 0 bridgehead atoms. The zero-order chi connectivity index (χ0) is 30.5. The molecule has 0 unspecified atom stereocenters. The second kappa shape index (κ2) is 27.7. The van der Waals surface area contributed by atoms with Crippen molar-refractivity contribution in [2.24, 2.45) is 0 Å². The number of benzene rings is 1. The summed E-state index contributed by atoms with van der Waals surface area (Å²) in [6, 6.07) is 8.20. The number of carbonyl (C=O) groups is 2. The molecule has 0 aliphatic rings. The van der Waals surface area contributed by atoms with Gasteiger partial charge in [-0.1, -0.05) is 154 Å². The summed E-state index contributed by atoms with van der Waals surface area (Å²) < 4.78 is 5.79. The van der Waals surface area contributed by atoms with Crippen molar-refractivity contribution in [3.8, 4) is 0 Å². The summed E-state index contributed by atoms with van der Waals surface area (Å²) in [5.74, 6) is -0.553. The van der Waals surface area contributed by atoms with E-state index in [0.717, 1.165) is 32.1 Å². The number of amides is 1. The number of aliphatic hydroxyl groups is 1. The molecule has 1 aromatic rings. The van der Waals surface area contributed by atoms with Gasteiger partial charge in [-0.2, -0.15) is 0 Å². The molecule has 0 fully saturated rings. The van der Waals surface area contributed by atoms with Gasteiger partial charge in [0.05, 0.1) is 18.2 Å². The molecule has 1 rings (SSSR count). The van der Waals surface area contributed by atoms with Crippen molar-refractivity contribution in [1.29, 1.82) is 0 Å². The van der Waals surface area contributed by atoms with E-state index in [9.17, 15) is 14.7 Å². The Labute approximate surface area is 258 Å². The van der Waals surface area contributed by atoms with Gasteiger partial charge < -0.3 is 15.2 Å². The first-order valence-electron chi connectivity index (χ1n) is 17.4. The second-order valence-corrected chi connectivity index (χ2v) is 11.9. The fourth-order valence-electron chi connectivity index (χ4n) is 5.28. The lowest BCUT2D eigenvalue weighted by Gasteiger charge is -2.24. The Balaban J connectivity index is 2.45. The summed E-state index contributed by atoms with van der Waals surface area (Å²) in [5.41, 5.74) is 0.457. The number of hydrogen-bond acceptors (Lipinski definition) is 4. The normalized spacial score (nSPS) is 12.8. The molecule has 5 nitrogen and oxygen atoms in total. The molecule has 0 aliphatic heterocycles. The maximum atomic E-state index is 12.8. The Bertz CT molecular complexity index is 794. The van der Waals surface area contributed by atoms with Crippen LogP contribution in [0.3, 0.4) is 0 Å². The predicted molar refractivity (Wildman–Crippen MR) is 177 cm³/mol. The highest BCUT2D eigenvalue weighted by atomic mass is 16.5. The molecule has 1 aromatic carbocycles.